The van der Waals surface area contributed by atoms with Gasteiger partial charge in [-0.1, -0.05) is 0 Å². The zero-order valence-corrected chi connectivity index (χ0v) is 12.1. The molecule has 0 radical (unpaired) electrons. The van der Waals surface area contributed by atoms with Gasteiger partial charge in [0.25, 0.3) is 5.69 Å². The van der Waals surface area contributed by atoms with Crippen LogP contribution >= 0.6 is 15.9 Å². The van der Waals surface area contributed by atoms with Gasteiger partial charge in [-0.15, -0.1) is 0 Å². The molecule has 1 aliphatic rings. The molecular formula is C11H13BrN4O3. The number of nitrogens with one attached hydrogen (secondary N) is 1. The van der Waals surface area contributed by atoms with E-state index in [-0.39, 0.29) is 17.6 Å². The molecule has 0 saturated carbocycles. The molecule has 7 nitrogen and oxygen atoms in total. The van der Waals surface area contributed by atoms with Gasteiger partial charge in [-0.25, -0.2) is 4.98 Å². The Balaban J connectivity index is 2.25. The van der Waals surface area contributed by atoms with Crippen molar-refractivity contribution in [2.45, 2.75) is 19.4 Å². The lowest BCUT2D eigenvalue weighted by Crippen LogP contribution is -2.31. The monoisotopic (exact) mass is 328 g/mol. The minimum atomic E-state index is -0.481. The maximum Gasteiger partial charge on any atom is 0.291 e. The number of likely N-dealkylation sites (tertiary alicyclic amines) is 1. The van der Waals surface area contributed by atoms with Crippen molar-refractivity contribution >= 4 is 33.3 Å². The minimum Gasteiger partial charge on any atom is -0.357 e. The third-order valence-corrected chi connectivity index (χ3v) is 4.14. The number of carbonyl (C=O) groups excluding carboxylic acids is 1. The number of nitrogens with zero attached hydrogens (tertiary/aromatic N) is 3. The SMILES string of the molecule is Cc1c([N+](=O)[O-])cnc(NC2CCN(C)C2=O)c1Br. The van der Waals surface area contributed by atoms with Gasteiger partial charge < -0.3 is 10.2 Å². The smallest absolute Gasteiger partial charge is 0.291 e. The molecule has 1 N–H and O–H groups in total. The predicted molar refractivity (Wildman–Crippen MR) is 73.0 cm³/mol. The normalized spacial score (nSPS) is 18.8. The van der Waals surface area contributed by atoms with E-state index in [9.17, 15) is 14.9 Å². The maximum absolute atomic E-state index is 11.8. The molecular weight excluding hydrogens is 316 g/mol. The van der Waals surface area contributed by atoms with E-state index in [1.807, 2.05) is 0 Å². The molecule has 1 saturated heterocycles. The number of carbonyl (C=O) groups is 1. The van der Waals surface area contributed by atoms with Crippen LogP contribution in [-0.2, 0) is 4.79 Å². The van der Waals surface area contributed by atoms with Crippen molar-refractivity contribution in [2.24, 2.45) is 0 Å². The van der Waals surface area contributed by atoms with Crippen LogP contribution < -0.4 is 5.32 Å². The Kier molecular flexibility index (Phi) is 3.70. The molecule has 1 aromatic heterocycles. The lowest BCUT2D eigenvalue weighted by Gasteiger charge is -2.14. The van der Waals surface area contributed by atoms with Gasteiger partial charge in [0, 0.05) is 19.2 Å². The summed E-state index contributed by atoms with van der Waals surface area (Å²) in [5.74, 6) is 0.460. The summed E-state index contributed by atoms with van der Waals surface area (Å²) in [5.41, 5.74) is 0.439. The van der Waals surface area contributed by atoms with Crippen LogP contribution in [0.15, 0.2) is 10.7 Å². The van der Waals surface area contributed by atoms with Crippen LogP contribution in [0.2, 0.25) is 0 Å². The Labute approximate surface area is 118 Å². The zero-order chi connectivity index (χ0) is 14.2. The van der Waals surface area contributed by atoms with E-state index in [0.717, 1.165) is 0 Å². The standard InChI is InChI=1S/C11H13BrN4O3/c1-6-8(16(18)19)5-13-10(9(6)12)14-7-3-4-15(2)11(7)17/h5,7H,3-4H2,1-2H3,(H,13,14). The van der Waals surface area contributed by atoms with Crippen molar-refractivity contribution in [3.05, 3.63) is 26.3 Å². The number of hydrogen-bond donors (Lipinski definition) is 1. The molecule has 2 rings (SSSR count). The molecule has 1 unspecified atom stereocenters. The summed E-state index contributed by atoms with van der Waals surface area (Å²) in [4.78, 5) is 27.8. The number of halogens is 1. The summed E-state index contributed by atoms with van der Waals surface area (Å²) in [6, 6.07) is -0.324. The van der Waals surface area contributed by atoms with Gasteiger partial charge in [0.1, 0.15) is 18.1 Å². The Morgan fingerprint density at radius 3 is 2.84 bits per heavy atom. The molecule has 0 aliphatic carbocycles. The van der Waals surface area contributed by atoms with Crippen LogP contribution in [0.3, 0.4) is 0 Å². The fourth-order valence-corrected chi connectivity index (χ4v) is 2.40. The highest BCUT2D eigenvalue weighted by molar-refractivity contribution is 9.10. The quantitative estimate of drug-likeness (QED) is 0.674. The van der Waals surface area contributed by atoms with Gasteiger partial charge in [0.2, 0.25) is 5.91 Å². The number of anilines is 1. The first kappa shape index (κ1) is 13.7. The molecule has 1 atom stereocenters. The average molecular weight is 329 g/mol. The van der Waals surface area contributed by atoms with Crippen LogP contribution in [0.25, 0.3) is 0 Å². The number of pyridine rings is 1. The fraction of sp³-hybridized carbons (Fsp3) is 0.455. The Morgan fingerprint density at radius 2 is 2.32 bits per heavy atom. The summed E-state index contributed by atoms with van der Waals surface area (Å²) < 4.78 is 0.518. The Bertz CT molecular complexity index is 549. The predicted octanol–water partition coefficient (Wildman–Crippen LogP) is 1.70. The third-order valence-electron chi connectivity index (χ3n) is 3.17. The number of aromatic nitrogens is 1. The number of amides is 1. The molecule has 0 spiro atoms. The van der Waals surface area contributed by atoms with E-state index in [4.69, 9.17) is 0 Å². The summed E-state index contributed by atoms with van der Waals surface area (Å²) in [5, 5.41) is 13.8. The van der Waals surface area contributed by atoms with E-state index in [0.29, 0.717) is 28.8 Å². The molecule has 2 heterocycles. The molecule has 102 valence electrons. The van der Waals surface area contributed by atoms with Gasteiger partial charge in [0.15, 0.2) is 0 Å². The van der Waals surface area contributed by atoms with Crippen molar-refractivity contribution in [3.8, 4) is 0 Å². The minimum absolute atomic E-state index is 0.00436. The number of likely N-dealkylation sites (N-methyl/N-ethyl adjacent to an activating group) is 1. The van der Waals surface area contributed by atoms with Crippen LogP contribution in [0.1, 0.15) is 12.0 Å². The van der Waals surface area contributed by atoms with Gasteiger partial charge in [0.05, 0.1) is 9.40 Å². The van der Waals surface area contributed by atoms with Crippen molar-refractivity contribution < 1.29 is 9.72 Å². The second-order valence-corrected chi connectivity index (χ2v) is 5.23. The number of hydrogen-bond acceptors (Lipinski definition) is 5. The van der Waals surface area contributed by atoms with E-state index in [1.54, 1.807) is 18.9 Å². The van der Waals surface area contributed by atoms with Crippen molar-refractivity contribution in [3.63, 3.8) is 0 Å². The number of rotatable bonds is 3. The first-order valence-electron chi connectivity index (χ1n) is 5.72. The summed E-state index contributed by atoms with van der Waals surface area (Å²) in [6.45, 7) is 2.33. The van der Waals surface area contributed by atoms with Gasteiger partial charge in [-0.3, -0.25) is 14.9 Å². The first-order chi connectivity index (χ1) is 8.91. The molecule has 1 aromatic rings. The summed E-state index contributed by atoms with van der Waals surface area (Å²) in [7, 11) is 1.74. The molecule has 8 heteroatoms. The lowest BCUT2D eigenvalue weighted by molar-refractivity contribution is -0.385. The van der Waals surface area contributed by atoms with Crippen molar-refractivity contribution in [2.75, 3.05) is 18.9 Å². The van der Waals surface area contributed by atoms with Crippen molar-refractivity contribution in [1.82, 2.24) is 9.88 Å². The van der Waals surface area contributed by atoms with Crippen molar-refractivity contribution in [1.29, 1.82) is 0 Å². The highest BCUT2D eigenvalue weighted by Gasteiger charge is 2.30. The average Bonchev–Trinajstić information content (AvgIpc) is 2.66. The van der Waals surface area contributed by atoms with E-state index in [2.05, 4.69) is 26.2 Å². The topological polar surface area (TPSA) is 88.4 Å². The zero-order valence-electron chi connectivity index (χ0n) is 10.5. The molecule has 0 aromatic carbocycles. The molecule has 1 amide bonds. The fourth-order valence-electron chi connectivity index (χ4n) is 1.98. The highest BCUT2D eigenvalue weighted by atomic mass is 79.9. The third kappa shape index (κ3) is 2.53. The highest BCUT2D eigenvalue weighted by Crippen LogP contribution is 2.31. The van der Waals surface area contributed by atoms with E-state index in [1.165, 1.54) is 6.20 Å². The van der Waals surface area contributed by atoms with Crippen LogP contribution in [0.5, 0.6) is 0 Å². The summed E-state index contributed by atoms with van der Waals surface area (Å²) >= 11 is 3.29. The lowest BCUT2D eigenvalue weighted by atomic mass is 10.2. The van der Waals surface area contributed by atoms with Crippen LogP contribution in [0.4, 0.5) is 11.5 Å². The summed E-state index contributed by atoms with van der Waals surface area (Å²) in [6.07, 6.45) is 1.89. The molecule has 0 bridgehead atoms. The Hall–Kier alpha value is -1.70. The van der Waals surface area contributed by atoms with E-state index < -0.39 is 4.92 Å². The van der Waals surface area contributed by atoms with Gasteiger partial charge in [-0.05, 0) is 29.3 Å². The molecule has 1 aliphatic heterocycles. The van der Waals surface area contributed by atoms with Gasteiger partial charge >= 0.3 is 0 Å². The molecule has 1 fully saturated rings. The van der Waals surface area contributed by atoms with Gasteiger partial charge in [-0.2, -0.15) is 0 Å². The second-order valence-electron chi connectivity index (χ2n) is 4.43. The second kappa shape index (κ2) is 5.12. The van der Waals surface area contributed by atoms with Crippen LogP contribution in [0, 0.1) is 17.0 Å². The largest absolute Gasteiger partial charge is 0.357 e. The Morgan fingerprint density at radius 1 is 1.63 bits per heavy atom. The van der Waals surface area contributed by atoms with Crippen LogP contribution in [-0.4, -0.2) is 40.3 Å². The number of nitro groups is 1. The maximum atomic E-state index is 11.8. The molecule has 19 heavy (non-hydrogen) atoms. The van der Waals surface area contributed by atoms with E-state index >= 15 is 0 Å². The first-order valence-corrected chi connectivity index (χ1v) is 6.52.